The first-order valence-electron chi connectivity index (χ1n) is 9.02. The summed E-state index contributed by atoms with van der Waals surface area (Å²) in [5.41, 5.74) is 0.517. The maximum atomic E-state index is 12.6. The van der Waals surface area contributed by atoms with Crippen LogP contribution in [0.15, 0.2) is 29.2 Å². The van der Waals surface area contributed by atoms with Gasteiger partial charge < -0.3 is 5.32 Å². The number of nitrogens with one attached hydrogen (secondary N) is 1. The topological polar surface area (TPSA) is 69.7 Å². The molecule has 6 nitrogen and oxygen atoms in total. The van der Waals surface area contributed by atoms with Crippen molar-refractivity contribution in [2.24, 2.45) is 0 Å². The van der Waals surface area contributed by atoms with E-state index >= 15 is 0 Å². The summed E-state index contributed by atoms with van der Waals surface area (Å²) < 4.78 is 26.6. The largest absolute Gasteiger partial charge is 0.325 e. The highest BCUT2D eigenvalue weighted by Gasteiger charge is 2.23. The number of sulfonamides is 1. The Bertz CT molecular complexity index is 687. The first-order chi connectivity index (χ1) is 11.9. The van der Waals surface area contributed by atoms with Crippen LogP contribution in [0.1, 0.15) is 40.0 Å². The Labute approximate surface area is 151 Å². The van der Waals surface area contributed by atoms with Gasteiger partial charge in [0.15, 0.2) is 0 Å². The quantitative estimate of drug-likeness (QED) is 0.804. The van der Waals surface area contributed by atoms with Crippen molar-refractivity contribution in [3.8, 4) is 0 Å². The van der Waals surface area contributed by atoms with E-state index in [0.29, 0.717) is 31.4 Å². The van der Waals surface area contributed by atoms with Gasteiger partial charge in [-0.25, -0.2) is 8.42 Å². The zero-order chi connectivity index (χ0) is 18.4. The monoisotopic (exact) mass is 367 g/mol. The average Bonchev–Trinajstić information content (AvgIpc) is 2.58. The van der Waals surface area contributed by atoms with Crippen molar-refractivity contribution in [3.63, 3.8) is 0 Å². The molecular formula is C18H29N3O3S. The van der Waals surface area contributed by atoms with Crippen LogP contribution in [0.2, 0.25) is 0 Å². The lowest BCUT2D eigenvalue weighted by atomic mass is 10.0. The standard InChI is InChI=1S/C18H29N3O3S/c1-4-21(5-2)25(23,24)17-11-8-10-16(13-17)19-18(22)14-20-12-7-6-9-15(20)3/h8,10-11,13,15H,4-7,9,12,14H2,1-3H3,(H,19,22). The van der Waals surface area contributed by atoms with Crippen LogP contribution in [0.25, 0.3) is 0 Å². The minimum atomic E-state index is -3.52. The number of benzene rings is 1. The number of piperidine rings is 1. The van der Waals surface area contributed by atoms with Gasteiger partial charge in [0.25, 0.3) is 0 Å². The molecule has 1 saturated heterocycles. The first-order valence-corrected chi connectivity index (χ1v) is 10.5. The Hall–Kier alpha value is -1.44. The molecule has 1 fully saturated rings. The number of hydrogen-bond donors (Lipinski definition) is 1. The molecule has 1 amide bonds. The number of rotatable bonds is 7. The van der Waals surface area contributed by atoms with Gasteiger partial charge in [0.05, 0.1) is 11.4 Å². The predicted molar refractivity (Wildman–Crippen MR) is 100 cm³/mol. The van der Waals surface area contributed by atoms with Crippen LogP contribution in [0, 0.1) is 0 Å². The summed E-state index contributed by atoms with van der Waals surface area (Å²) in [5, 5.41) is 2.83. The lowest BCUT2D eigenvalue weighted by Crippen LogP contribution is -2.42. The van der Waals surface area contributed by atoms with Gasteiger partial charge in [0.2, 0.25) is 15.9 Å². The van der Waals surface area contributed by atoms with E-state index in [-0.39, 0.29) is 10.8 Å². The molecule has 0 aliphatic carbocycles. The summed E-state index contributed by atoms with van der Waals surface area (Å²) >= 11 is 0. The molecule has 1 unspecified atom stereocenters. The molecule has 0 aromatic heterocycles. The number of anilines is 1. The summed E-state index contributed by atoms with van der Waals surface area (Å²) in [4.78, 5) is 14.7. The van der Waals surface area contributed by atoms with Crippen LogP contribution in [0.5, 0.6) is 0 Å². The van der Waals surface area contributed by atoms with E-state index in [1.54, 1.807) is 18.2 Å². The van der Waals surface area contributed by atoms with Crippen LogP contribution >= 0.6 is 0 Å². The maximum Gasteiger partial charge on any atom is 0.243 e. The average molecular weight is 368 g/mol. The highest BCUT2D eigenvalue weighted by Crippen LogP contribution is 2.20. The second-order valence-electron chi connectivity index (χ2n) is 6.48. The van der Waals surface area contributed by atoms with E-state index < -0.39 is 10.0 Å². The maximum absolute atomic E-state index is 12.6. The van der Waals surface area contributed by atoms with E-state index in [4.69, 9.17) is 0 Å². The highest BCUT2D eigenvalue weighted by molar-refractivity contribution is 7.89. The van der Waals surface area contributed by atoms with E-state index in [9.17, 15) is 13.2 Å². The Balaban J connectivity index is 2.07. The van der Waals surface area contributed by atoms with Crippen LogP contribution in [-0.4, -0.2) is 55.8 Å². The molecule has 1 N–H and O–H groups in total. The first kappa shape index (κ1) is 19.9. The van der Waals surface area contributed by atoms with Crippen LogP contribution < -0.4 is 5.32 Å². The lowest BCUT2D eigenvalue weighted by molar-refractivity contribution is -0.118. The third-order valence-electron chi connectivity index (χ3n) is 4.75. The van der Waals surface area contributed by atoms with Gasteiger partial charge in [-0.05, 0) is 44.5 Å². The second-order valence-corrected chi connectivity index (χ2v) is 8.42. The van der Waals surface area contributed by atoms with Crippen LogP contribution in [0.3, 0.4) is 0 Å². The van der Waals surface area contributed by atoms with Crippen molar-refractivity contribution >= 4 is 21.6 Å². The van der Waals surface area contributed by atoms with Crippen molar-refractivity contribution in [2.45, 2.75) is 51.0 Å². The van der Waals surface area contributed by atoms with Gasteiger partial charge in [-0.1, -0.05) is 26.3 Å². The number of carbonyl (C=O) groups excluding carboxylic acids is 1. The molecule has 1 aliphatic heterocycles. The lowest BCUT2D eigenvalue weighted by Gasteiger charge is -2.32. The van der Waals surface area contributed by atoms with E-state index in [1.165, 1.54) is 16.8 Å². The third kappa shape index (κ3) is 5.03. The predicted octanol–water partition coefficient (Wildman–Crippen LogP) is 2.53. The van der Waals surface area contributed by atoms with Gasteiger partial charge in [0, 0.05) is 24.8 Å². The zero-order valence-corrected chi connectivity index (χ0v) is 16.2. The van der Waals surface area contributed by atoms with Gasteiger partial charge >= 0.3 is 0 Å². The van der Waals surface area contributed by atoms with Gasteiger partial charge in [-0.2, -0.15) is 4.31 Å². The Kier molecular flexibility index (Phi) is 6.98. The fourth-order valence-electron chi connectivity index (χ4n) is 3.22. The van der Waals surface area contributed by atoms with Crippen molar-refractivity contribution in [3.05, 3.63) is 24.3 Å². The SMILES string of the molecule is CCN(CC)S(=O)(=O)c1cccc(NC(=O)CN2CCCCC2C)c1. The van der Waals surface area contributed by atoms with E-state index in [1.807, 2.05) is 13.8 Å². The van der Waals surface area contributed by atoms with Crippen LogP contribution in [-0.2, 0) is 14.8 Å². The minimum Gasteiger partial charge on any atom is -0.325 e. The van der Waals surface area contributed by atoms with Crippen molar-refractivity contribution in [1.29, 1.82) is 0 Å². The summed E-state index contributed by atoms with van der Waals surface area (Å²) in [7, 11) is -3.52. The molecular weight excluding hydrogens is 338 g/mol. The summed E-state index contributed by atoms with van der Waals surface area (Å²) in [5.74, 6) is -0.105. The summed E-state index contributed by atoms with van der Waals surface area (Å²) in [6.07, 6.45) is 3.45. The molecule has 1 atom stereocenters. The van der Waals surface area contributed by atoms with Gasteiger partial charge in [-0.3, -0.25) is 9.69 Å². The summed E-state index contributed by atoms with van der Waals surface area (Å²) in [6, 6.07) is 6.89. The second kappa shape index (κ2) is 8.78. The third-order valence-corrected chi connectivity index (χ3v) is 6.79. The number of amides is 1. The molecule has 7 heteroatoms. The van der Waals surface area contributed by atoms with Crippen molar-refractivity contribution in [1.82, 2.24) is 9.21 Å². The van der Waals surface area contributed by atoms with Crippen LogP contribution in [0.4, 0.5) is 5.69 Å². The fraction of sp³-hybridized carbons (Fsp3) is 0.611. The molecule has 1 aliphatic rings. The molecule has 1 aromatic rings. The minimum absolute atomic E-state index is 0.105. The zero-order valence-electron chi connectivity index (χ0n) is 15.4. The molecule has 0 radical (unpaired) electrons. The molecule has 25 heavy (non-hydrogen) atoms. The molecule has 0 spiro atoms. The normalized spacial score (nSPS) is 19.1. The molecule has 0 saturated carbocycles. The summed E-state index contributed by atoms with van der Waals surface area (Å²) in [6.45, 7) is 7.88. The number of hydrogen-bond acceptors (Lipinski definition) is 4. The van der Waals surface area contributed by atoms with Crippen molar-refractivity contribution < 1.29 is 13.2 Å². The molecule has 1 aromatic carbocycles. The molecule has 2 rings (SSSR count). The van der Waals surface area contributed by atoms with Gasteiger partial charge in [-0.15, -0.1) is 0 Å². The Morgan fingerprint density at radius 3 is 2.64 bits per heavy atom. The molecule has 0 bridgehead atoms. The fourth-order valence-corrected chi connectivity index (χ4v) is 4.73. The number of likely N-dealkylation sites (tertiary alicyclic amines) is 1. The molecule has 1 heterocycles. The highest BCUT2D eigenvalue weighted by atomic mass is 32.2. The number of carbonyl (C=O) groups is 1. The van der Waals surface area contributed by atoms with Gasteiger partial charge in [0.1, 0.15) is 0 Å². The Morgan fingerprint density at radius 2 is 2.00 bits per heavy atom. The van der Waals surface area contributed by atoms with E-state index in [0.717, 1.165) is 19.4 Å². The van der Waals surface area contributed by atoms with Crippen molar-refractivity contribution in [2.75, 3.05) is 31.5 Å². The Morgan fingerprint density at radius 1 is 1.28 bits per heavy atom. The number of nitrogens with zero attached hydrogens (tertiary/aromatic N) is 2. The molecule has 140 valence electrons. The van der Waals surface area contributed by atoms with E-state index in [2.05, 4.69) is 17.1 Å². The smallest absolute Gasteiger partial charge is 0.243 e.